The van der Waals surface area contributed by atoms with Crippen molar-refractivity contribution in [2.24, 2.45) is 11.7 Å². The first-order valence-corrected chi connectivity index (χ1v) is 10.9. The zero-order valence-electron chi connectivity index (χ0n) is 19.4. The molecule has 0 spiro atoms. The quantitative estimate of drug-likeness (QED) is 0.200. The summed E-state index contributed by atoms with van der Waals surface area (Å²) in [4.78, 5) is 58.1. The molecule has 2 amide bonds. The van der Waals surface area contributed by atoms with Crippen molar-refractivity contribution < 1.29 is 33.6 Å². The van der Waals surface area contributed by atoms with Gasteiger partial charge in [0.25, 0.3) is 5.69 Å². The van der Waals surface area contributed by atoms with E-state index >= 15 is 0 Å². The van der Waals surface area contributed by atoms with Gasteiger partial charge in [0.05, 0.1) is 17.4 Å². The number of hydrogen-bond donors (Lipinski definition) is 2. The molecule has 0 aliphatic heterocycles. The smallest absolute Gasteiger partial charge is 0.429 e. The van der Waals surface area contributed by atoms with Crippen molar-refractivity contribution >= 4 is 29.4 Å². The second kappa shape index (κ2) is 12.8. The van der Waals surface area contributed by atoms with E-state index in [1.165, 1.54) is 24.3 Å². The van der Waals surface area contributed by atoms with Gasteiger partial charge in [-0.15, -0.1) is 0 Å². The number of nitro benzene ring substituents is 1. The lowest BCUT2D eigenvalue weighted by Gasteiger charge is -2.18. The molecule has 0 saturated carbocycles. The summed E-state index contributed by atoms with van der Waals surface area (Å²) in [5, 5.41) is 13.2. The largest absolute Gasteiger partial charge is 0.514 e. The normalized spacial score (nSPS) is 12.2. The third-order valence-corrected chi connectivity index (χ3v) is 5.18. The van der Waals surface area contributed by atoms with E-state index in [-0.39, 0.29) is 48.5 Å². The maximum absolute atomic E-state index is 12.7. The standard InChI is InChI=1S/C24H27N3O8/c1-3-15(2)23(30)26-20(13-22(25)29)21(28)12-16-4-6-17(7-5-16)14-34-24(31)35-19-10-8-18(9-11-19)27(32)33/h4-11,15,20H,3,12-14H2,1-2H3,(H2,25,29)(H,26,30). The number of nitrogens with two attached hydrogens (primary N) is 1. The monoisotopic (exact) mass is 485 g/mol. The maximum atomic E-state index is 12.7. The van der Waals surface area contributed by atoms with Crippen molar-refractivity contribution in [3.05, 3.63) is 69.8 Å². The molecule has 186 valence electrons. The van der Waals surface area contributed by atoms with Gasteiger partial charge in [0.1, 0.15) is 12.4 Å². The molecular weight excluding hydrogens is 458 g/mol. The van der Waals surface area contributed by atoms with E-state index in [1.54, 1.807) is 31.2 Å². The average molecular weight is 485 g/mol. The molecule has 3 N–H and O–H groups in total. The molecule has 0 aliphatic rings. The summed E-state index contributed by atoms with van der Waals surface area (Å²) in [7, 11) is 0. The van der Waals surface area contributed by atoms with E-state index in [2.05, 4.69) is 5.32 Å². The molecule has 0 radical (unpaired) electrons. The van der Waals surface area contributed by atoms with Crippen molar-refractivity contribution in [1.29, 1.82) is 0 Å². The topological polar surface area (TPSA) is 168 Å². The predicted molar refractivity (Wildman–Crippen MR) is 124 cm³/mol. The van der Waals surface area contributed by atoms with Gasteiger partial charge in [0, 0.05) is 24.5 Å². The highest BCUT2D eigenvalue weighted by Gasteiger charge is 2.24. The molecule has 0 aliphatic carbocycles. The van der Waals surface area contributed by atoms with Gasteiger partial charge in [-0.2, -0.15) is 0 Å². The van der Waals surface area contributed by atoms with Crippen LogP contribution < -0.4 is 15.8 Å². The second-order valence-corrected chi connectivity index (χ2v) is 7.89. The summed E-state index contributed by atoms with van der Waals surface area (Å²) in [6.07, 6.45) is -0.704. The van der Waals surface area contributed by atoms with Gasteiger partial charge in [0.15, 0.2) is 5.78 Å². The Morgan fingerprint density at radius 2 is 1.63 bits per heavy atom. The first kappa shape index (κ1) is 27.0. The third kappa shape index (κ3) is 8.88. The van der Waals surface area contributed by atoms with Crippen LogP contribution in [0.1, 0.15) is 37.8 Å². The highest BCUT2D eigenvalue weighted by Crippen LogP contribution is 2.18. The number of nitro groups is 1. The van der Waals surface area contributed by atoms with Crippen LogP contribution in [0.2, 0.25) is 0 Å². The van der Waals surface area contributed by atoms with Crippen LogP contribution in [0.5, 0.6) is 5.75 Å². The Morgan fingerprint density at radius 3 is 2.17 bits per heavy atom. The van der Waals surface area contributed by atoms with Gasteiger partial charge in [-0.25, -0.2) is 4.79 Å². The number of hydrogen-bond acceptors (Lipinski definition) is 8. The zero-order chi connectivity index (χ0) is 26.0. The van der Waals surface area contributed by atoms with E-state index in [0.717, 1.165) is 0 Å². The summed E-state index contributed by atoms with van der Waals surface area (Å²) >= 11 is 0. The van der Waals surface area contributed by atoms with Crippen LogP contribution in [-0.2, 0) is 32.1 Å². The minimum absolute atomic E-state index is 0.0257. The van der Waals surface area contributed by atoms with Crippen molar-refractivity contribution in [3.8, 4) is 5.75 Å². The Kier molecular flexibility index (Phi) is 9.88. The second-order valence-electron chi connectivity index (χ2n) is 7.89. The minimum atomic E-state index is -1.01. The molecule has 2 aromatic carbocycles. The molecule has 2 aromatic rings. The molecule has 0 bridgehead atoms. The van der Waals surface area contributed by atoms with Crippen LogP contribution in [0, 0.1) is 16.0 Å². The summed E-state index contributed by atoms with van der Waals surface area (Å²) in [5.41, 5.74) is 6.36. The molecule has 0 fully saturated rings. The Labute approximate surface area is 201 Å². The fourth-order valence-electron chi connectivity index (χ4n) is 2.93. The first-order valence-electron chi connectivity index (χ1n) is 10.9. The van der Waals surface area contributed by atoms with Gasteiger partial charge in [-0.1, -0.05) is 38.1 Å². The predicted octanol–water partition coefficient (Wildman–Crippen LogP) is 2.83. The zero-order valence-corrected chi connectivity index (χ0v) is 19.4. The number of non-ortho nitro benzene ring substituents is 1. The Hall–Kier alpha value is -4.28. The Morgan fingerprint density at radius 1 is 1.03 bits per heavy atom. The van der Waals surface area contributed by atoms with Gasteiger partial charge >= 0.3 is 6.16 Å². The molecule has 2 unspecified atom stereocenters. The number of benzene rings is 2. The highest BCUT2D eigenvalue weighted by atomic mass is 16.7. The van der Waals surface area contributed by atoms with E-state index in [1.807, 2.05) is 6.92 Å². The molecule has 0 aromatic heterocycles. The highest BCUT2D eigenvalue weighted by molar-refractivity contribution is 5.94. The molecule has 0 saturated heterocycles. The van der Waals surface area contributed by atoms with Crippen LogP contribution in [0.25, 0.3) is 0 Å². The number of primary amides is 1. The molecule has 35 heavy (non-hydrogen) atoms. The number of carbonyl (C=O) groups excluding carboxylic acids is 4. The fraction of sp³-hybridized carbons (Fsp3) is 0.333. The Bertz CT molecular complexity index is 1070. The number of carbonyl (C=O) groups is 4. The van der Waals surface area contributed by atoms with Gasteiger partial charge in [-0.05, 0) is 29.7 Å². The molecular formula is C24H27N3O8. The van der Waals surface area contributed by atoms with Crippen molar-refractivity contribution in [2.75, 3.05) is 0 Å². The number of nitrogens with one attached hydrogen (secondary N) is 1. The summed E-state index contributed by atoms with van der Waals surface area (Å²) in [6.45, 7) is 3.47. The van der Waals surface area contributed by atoms with Crippen LogP contribution in [0.4, 0.5) is 10.5 Å². The van der Waals surface area contributed by atoms with Crippen LogP contribution in [0.15, 0.2) is 48.5 Å². The number of amides is 2. The summed E-state index contributed by atoms with van der Waals surface area (Å²) < 4.78 is 9.99. The summed E-state index contributed by atoms with van der Waals surface area (Å²) in [6, 6.07) is 10.6. The lowest BCUT2D eigenvalue weighted by Crippen LogP contribution is -2.45. The Balaban J connectivity index is 1.89. The van der Waals surface area contributed by atoms with Crippen molar-refractivity contribution in [2.45, 2.75) is 45.8 Å². The van der Waals surface area contributed by atoms with E-state index in [0.29, 0.717) is 17.5 Å². The van der Waals surface area contributed by atoms with Crippen molar-refractivity contribution in [3.63, 3.8) is 0 Å². The lowest BCUT2D eigenvalue weighted by atomic mass is 9.99. The van der Waals surface area contributed by atoms with Gasteiger partial charge < -0.3 is 20.5 Å². The number of nitrogens with zero attached hydrogens (tertiary/aromatic N) is 1. The van der Waals surface area contributed by atoms with Crippen LogP contribution in [0.3, 0.4) is 0 Å². The fourth-order valence-corrected chi connectivity index (χ4v) is 2.93. The van der Waals surface area contributed by atoms with Crippen molar-refractivity contribution in [1.82, 2.24) is 5.32 Å². The third-order valence-electron chi connectivity index (χ3n) is 5.18. The number of Topliss-reactive ketones (excluding diaryl/α,β-unsaturated/α-hetero) is 1. The molecule has 0 heterocycles. The van der Waals surface area contributed by atoms with Crippen LogP contribution in [-0.4, -0.2) is 34.7 Å². The molecule has 2 atom stereocenters. The molecule has 11 nitrogen and oxygen atoms in total. The van der Waals surface area contributed by atoms with Gasteiger partial charge in [-0.3, -0.25) is 24.5 Å². The molecule has 2 rings (SSSR count). The maximum Gasteiger partial charge on any atom is 0.514 e. The number of ether oxygens (including phenoxy) is 2. The van der Waals surface area contributed by atoms with E-state index in [9.17, 15) is 29.3 Å². The number of rotatable bonds is 12. The SMILES string of the molecule is CCC(C)C(=O)NC(CC(N)=O)C(=O)Cc1ccc(COC(=O)Oc2ccc([N+](=O)[O-])cc2)cc1. The van der Waals surface area contributed by atoms with E-state index < -0.39 is 23.0 Å². The average Bonchev–Trinajstić information content (AvgIpc) is 2.82. The molecule has 11 heteroatoms. The minimum Gasteiger partial charge on any atom is -0.429 e. The van der Waals surface area contributed by atoms with Crippen LogP contribution >= 0.6 is 0 Å². The van der Waals surface area contributed by atoms with E-state index in [4.69, 9.17) is 15.2 Å². The number of ketones is 1. The van der Waals surface area contributed by atoms with Gasteiger partial charge in [0.2, 0.25) is 11.8 Å². The summed E-state index contributed by atoms with van der Waals surface area (Å²) in [5.74, 6) is -1.57. The lowest BCUT2D eigenvalue weighted by molar-refractivity contribution is -0.384. The first-order chi connectivity index (χ1) is 16.6.